The van der Waals surface area contributed by atoms with Crippen LogP contribution in [0.4, 0.5) is 11.4 Å². The fourth-order valence-electron chi connectivity index (χ4n) is 3.29. The van der Waals surface area contributed by atoms with E-state index in [0.717, 1.165) is 30.1 Å². The molecule has 0 saturated carbocycles. The number of para-hydroxylation sites is 1. The van der Waals surface area contributed by atoms with Crippen LogP contribution >= 0.6 is 0 Å². The molecular formula is C22H28N2O2. The first-order valence-electron chi connectivity index (χ1n) is 9.55. The summed E-state index contributed by atoms with van der Waals surface area (Å²) in [6, 6.07) is 15.9. The molecule has 1 fully saturated rings. The Morgan fingerprint density at radius 1 is 1.08 bits per heavy atom. The summed E-state index contributed by atoms with van der Waals surface area (Å²) < 4.78 is 5.93. The smallest absolute Gasteiger partial charge is 0.265 e. The molecule has 4 nitrogen and oxygen atoms in total. The van der Waals surface area contributed by atoms with Gasteiger partial charge in [-0.25, -0.2) is 0 Å². The summed E-state index contributed by atoms with van der Waals surface area (Å²) in [4.78, 5) is 15.0. The number of ether oxygens (including phenoxy) is 1. The monoisotopic (exact) mass is 352 g/mol. The molecule has 1 amide bonds. The first-order chi connectivity index (χ1) is 12.7. The molecule has 1 heterocycles. The van der Waals surface area contributed by atoms with Crippen LogP contribution in [0.1, 0.15) is 38.2 Å². The maximum atomic E-state index is 12.6. The molecule has 0 radical (unpaired) electrons. The molecule has 26 heavy (non-hydrogen) atoms. The fraction of sp³-hybridized carbons (Fsp3) is 0.409. The third-order valence-electron chi connectivity index (χ3n) is 4.88. The van der Waals surface area contributed by atoms with Crippen molar-refractivity contribution in [2.24, 2.45) is 0 Å². The van der Waals surface area contributed by atoms with Gasteiger partial charge < -0.3 is 15.0 Å². The number of hydrogen-bond acceptors (Lipinski definition) is 3. The van der Waals surface area contributed by atoms with E-state index in [9.17, 15) is 4.79 Å². The van der Waals surface area contributed by atoms with E-state index < -0.39 is 6.10 Å². The van der Waals surface area contributed by atoms with Crippen LogP contribution in [0.5, 0.6) is 5.75 Å². The third kappa shape index (κ3) is 4.57. The molecule has 138 valence electrons. The Hall–Kier alpha value is -2.49. The quantitative estimate of drug-likeness (QED) is 0.813. The maximum Gasteiger partial charge on any atom is 0.265 e. The summed E-state index contributed by atoms with van der Waals surface area (Å²) in [6.07, 6.45) is 3.95. The molecule has 3 rings (SSSR count). The van der Waals surface area contributed by atoms with Crippen LogP contribution in [0.25, 0.3) is 0 Å². The lowest BCUT2D eigenvalue weighted by Crippen LogP contribution is -2.32. The normalized spacial score (nSPS) is 15.4. The van der Waals surface area contributed by atoms with E-state index in [2.05, 4.69) is 22.3 Å². The van der Waals surface area contributed by atoms with Gasteiger partial charge in [-0.05, 0) is 68.5 Å². The average Bonchev–Trinajstić information content (AvgIpc) is 2.68. The number of rotatable bonds is 6. The van der Waals surface area contributed by atoms with Crippen molar-refractivity contribution in [3.8, 4) is 5.75 Å². The van der Waals surface area contributed by atoms with Crippen molar-refractivity contribution in [1.82, 2.24) is 0 Å². The topological polar surface area (TPSA) is 41.6 Å². The van der Waals surface area contributed by atoms with Crippen LogP contribution in [-0.2, 0) is 4.79 Å². The summed E-state index contributed by atoms with van der Waals surface area (Å²) in [5, 5.41) is 2.98. The zero-order chi connectivity index (χ0) is 18.4. The second kappa shape index (κ2) is 8.75. The number of amides is 1. The summed E-state index contributed by atoms with van der Waals surface area (Å²) in [5.41, 5.74) is 3.07. The van der Waals surface area contributed by atoms with Gasteiger partial charge in [-0.15, -0.1) is 0 Å². The van der Waals surface area contributed by atoms with Gasteiger partial charge in [0, 0.05) is 24.5 Å². The van der Waals surface area contributed by atoms with Gasteiger partial charge in [-0.1, -0.05) is 25.1 Å². The lowest BCUT2D eigenvalue weighted by atomic mass is 10.1. The van der Waals surface area contributed by atoms with E-state index in [0.29, 0.717) is 6.42 Å². The maximum absolute atomic E-state index is 12.6. The van der Waals surface area contributed by atoms with Crippen LogP contribution in [0.3, 0.4) is 0 Å². The lowest BCUT2D eigenvalue weighted by Gasteiger charge is -2.29. The van der Waals surface area contributed by atoms with E-state index in [1.165, 1.54) is 24.9 Å². The Kier molecular flexibility index (Phi) is 6.16. The van der Waals surface area contributed by atoms with Crippen molar-refractivity contribution in [3.63, 3.8) is 0 Å². The molecule has 0 bridgehead atoms. The number of carbonyl (C=O) groups is 1. The van der Waals surface area contributed by atoms with Gasteiger partial charge in [0.2, 0.25) is 0 Å². The summed E-state index contributed by atoms with van der Waals surface area (Å²) in [6.45, 7) is 6.18. The summed E-state index contributed by atoms with van der Waals surface area (Å²) in [5.74, 6) is 0.649. The van der Waals surface area contributed by atoms with Crippen molar-refractivity contribution >= 4 is 17.3 Å². The predicted molar refractivity (Wildman–Crippen MR) is 107 cm³/mol. The Morgan fingerprint density at radius 3 is 2.42 bits per heavy atom. The molecule has 0 aromatic heterocycles. The zero-order valence-corrected chi connectivity index (χ0v) is 15.7. The van der Waals surface area contributed by atoms with E-state index in [1.54, 1.807) is 0 Å². The van der Waals surface area contributed by atoms with Crippen LogP contribution in [-0.4, -0.2) is 25.1 Å². The minimum Gasteiger partial charge on any atom is -0.480 e. The molecule has 0 unspecified atom stereocenters. The first-order valence-corrected chi connectivity index (χ1v) is 9.55. The third-order valence-corrected chi connectivity index (χ3v) is 4.88. The number of piperidine rings is 1. The van der Waals surface area contributed by atoms with Crippen LogP contribution < -0.4 is 15.0 Å². The van der Waals surface area contributed by atoms with Gasteiger partial charge in [0.05, 0.1) is 0 Å². The number of aryl methyl sites for hydroxylation is 1. The van der Waals surface area contributed by atoms with Gasteiger partial charge in [-0.2, -0.15) is 0 Å². The SMILES string of the molecule is CC[C@@H](Oc1ccccc1C)C(=O)Nc1ccc(N2CCCCC2)cc1. The van der Waals surface area contributed by atoms with E-state index in [1.807, 2.05) is 50.2 Å². The fourth-order valence-corrected chi connectivity index (χ4v) is 3.29. The molecule has 1 atom stereocenters. The second-order valence-electron chi connectivity index (χ2n) is 6.86. The zero-order valence-electron chi connectivity index (χ0n) is 15.7. The molecule has 2 aromatic rings. The molecule has 1 aliphatic heterocycles. The molecule has 1 aliphatic rings. The van der Waals surface area contributed by atoms with Gasteiger partial charge in [0.25, 0.3) is 5.91 Å². The number of nitrogens with zero attached hydrogens (tertiary/aromatic N) is 1. The number of carbonyl (C=O) groups excluding carboxylic acids is 1. The minimum absolute atomic E-state index is 0.110. The molecule has 4 heteroatoms. The van der Waals surface area contributed by atoms with Crippen molar-refractivity contribution < 1.29 is 9.53 Å². The lowest BCUT2D eigenvalue weighted by molar-refractivity contribution is -0.122. The van der Waals surface area contributed by atoms with Gasteiger partial charge in [0.15, 0.2) is 6.10 Å². The van der Waals surface area contributed by atoms with E-state index in [4.69, 9.17) is 4.74 Å². The van der Waals surface area contributed by atoms with Crippen molar-refractivity contribution in [1.29, 1.82) is 0 Å². The van der Waals surface area contributed by atoms with E-state index in [-0.39, 0.29) is 5.91 Å². The highest BCUT2D eigenvalue weighted by atomic mass is 16.5. The van der Waals surface area contributed by atoms with Gasteiger partial charge in [0.1, 0.15) is 5.75 Å². The van der Waals surface area contributed by atoms with Crippen molar-refractivity contribution in [2.75, 3.05) is 23.3 Å². The highest BCUT2D eigenvalue weighted by molar-refractivity contribution is 5.94. The molecule has 1 N–H and O–H groups in total. The summed E-state index contributed by atoms with van der Waals surface area (Å²) in [7, 11) is 0. The van der Waals surface area contributed by atoms with Crippen LogP contribution in [0, 0.1) is 6.92 Å². The molecular weight excluding hydrogens is 324 g/mol. The highest BCUT2D eigenvalue weighted by Gasteiger charge is 2.19. The summed E-state index contributed by atoms with van der Waals surface area (Å²) >= 11 is 0. The first kappa shape index (κ1) is 18.3. The van der Waals surface area contributed by atoms with E-state index >= 15 is 0 Å². The average molecular weight is 352 g/mol. The van der Waals surface area contributed by atoms with Crippen molar-refractivity contribution in [2.45, 2.75) is 45.6 Å². The Morgan fingerprint density at radius 2 is 1.77 bits per heavy atom. The molecule has 2 aromatic carbocycles. The molecule has 0 spiro atoms. The Balaban J connectivity index is 1.61. The van der Waals surface area contributed by atoms with Crippen LogP contribution in [0.2, 0.25) is 0 Å². The highest BCUT2D eigenvalue weighted by Crippen LogP contribution is 2.23. The predicted octanol–water partition coefficient (Wildman–Crippen LogP) is 4.78. The molecule has 1 saturated heterocycles. The van der Waals surface area contributed by atoms with Crippen molar-refractivity contribution in [3.05, 3.63) is 54.1 Å². The number of hydrogen-bond donors (Lipinski definition) is 1. The van der Waals surface area contributed by atoms with Gasteiger partial charge >= 0.3 is 0 Å². The minimum atomic E-state index is -0.502. The number of anilines is 2. The Bertz CT molecular complexity index is 721. The Labute approximate surface area is 156 Å². The standard InChI is InChI=1S/C22H28N2O2/c1-3-20(26-21-10-6-5-9-17(21)2)22(25)23-18-11-13-19(14-12-18)24-15-7-4-8-16-24/h5-6,9-14,20H,3-4,7-8,15-16H2,1-2H3,(H,23,25)/t20-/m1/s1. The number of nitrogens with one attached hydrogen (secondary N) is 1. The number of benzene rings is 2. The largest absolute Gasteiger partial charge is 0.480 e. The molecule has 0 aliphatic carbocycles. The van der Waals surface area contributed by atoms with Gasteiger partial charge in [-0.3, -0.25) is 4.79 Å². The second-order valence-corrected chi connectivity index (χ2v) is 6.86. The van der Waals surface area contributed by atoms with Crippen LogP contribution in [0.15, 0.2) is 48.5 Å².